The molecule has 1 aromatic carbocycles. The average Bonchev–Trinajstić information content (AvgIpc) is 2.44. The van der Waals surface area contributed by atoms with Crippen molar-refractivity contribution in [1.29, 1.82) is 0 Å². The Morgan fingerprint density at radius 1 is 0.957 bits per heavy atom. The molecular weight excluding hydrogens is 310 g/mol. The van der Waals surface area contributed by atoms with Crippen molar-refractivity contribution in [2.24, 2.45) is 0 Å². The number of hydrogen-bond acceptors (Lipinski definition) is 0. The second-order valence-corrected chi connectivity index (χ2v) is 5.98. The molecule has 0 N–H and O–H groups in total. The molecule has 3 nitrogen and oxygen atoms in total. The van der Waals surface area contributed by atoms with Crippen LogP contribution in [-0.4, -0.2) is 50.7 Å². The van der Waals surface area contributed by atoms with Gasteiger partial charge in [0, 0.05) is 5.56 Å². The Labute approximate surface area is 134 Å². The molecule has 0 bridgehead atoms. The first-order valence-electron chi connectivity index (χ1n) is 7.37. The van der Waals surface area contributed by atoms with E-state index in [-0.39, 0.29) is 0 Å². The molecule has 0 heterocycles. The van der Waals surface area contributed by atoms with Crippen molar-refractivity contribution in [2.45, 2.75) is 26.2 Å². The molecule has 1 rings (SSSR count). The molecule has 0 spiro atoms. The molecule has 1 atom stereocenters. The van der Waals surface area contributed by atoms with Crippen LogP contribution in [0.1, 0.15) is 31.7 Å². The van der Waals surface area contributed by atoms with Gasteiger partial charge in [0.05, 0.1) is 35.2 Å². The summed E-state index contributed by atoms with van der Waals surface area (Å²) in [6.07, 6.45) is 0.370. The van der Waals surface area contributed by atoms with Gasteiger partial charge in [0.25, 0.3) is 0 Å². The van der Waals surface area contributed by atoms with Crippen LogP contribution in [0.25, 0.3) is 0 Å². The zero-order valence-electron chi connectivity index (χ0n) is 14.6. The normalized spacial score (nSPS) is 12.1. The number of halogens is 4. The predicted octanol–water partition coefficient (Wildman–Crippen LogP) is 3.38. The van der Waals surface area contributed by atoms with Crippen LogP contribution in [0.2, 0.25) is 0 Å². The third kappa shape index (κ3) is 3.43. The molecule has 0 aliphatic rings. The van der Waals surface area contributed by atoms with Crippen molar-refractivity contribution in [3.8, 4) is 0 Å². The van der Waals surface area contributed by atoms with Gasteiger partial charge in [-0.05, 0) is 12.3 Å². The lowest BCUT2D eigenvalue weighted by Gasteiger charge is -2.23. The minimum Gasteiger partial charge on any atom is -0.270 e. The molecule has 0 aliphatic carbocycles. The number of hydrogen-bond donors (Lipinski definition) is 0. The summed E-state index contributed by atoms with van der Waals surface area (Å²) < 4.78 is 59.2. The van der Waals surface area contributed by atoms with Crippen LogP contribution in [0.4, 0.5) is 23.2 Å². The van der Waals surface area contributed by atoms with Crippen LogP contribution < -0.4 is 4.90 Å². The highest BCUT2D eigenvalue weighted by Crippen LogP contribution is 2.35. The Hall–Kier alpha value is -1.79. The summed E-state index contributed by atoms with van der Waals surface area (Å²) in [4.78, 5) is 2.69. The van der Waals surface area contributed by atoms with Gasteiger partial charge in [0.2, 0.25) is 11.6 Å². The van der Waals surface area contributed by atoms with E-state index in [0.717, 1.165) is 4.90 Å². The average molecular weight is 334 g/mol. The van der Waals surface area contributed by atoms with Crippen molar-refractivity contribution >= 4 is 11.6 Å². The van der Waals surface area contributed by atoms with E-state index < -0.39 is 40.4 Å². The van der Waals surface area contributed by atoms with Crippen LogP contribution in [0.3, 0.4) is 0 Å². The van der Waals surface area contributed by atoms with E-state index in [0.29, 0.717) is 12.4 Å². The largest absolute Gasteiger partial charge is 0.354 e. The van der Waals surface area contributed by atoms with Crippen molar-refractivity contribution in [1.82, 2.24) is 4.90 Å². The van der Waals surface area contributed by atoms with Gasteiger partial charge in [-0.25, -0.2) is 13.7 Å². The van der Waals surface area contributed by atoms with Crippen LogP contribution >= 0.6 is 0 Å². The molecule has 0 saturated heterocycles. The summed E-state index contributed by atoms with van der Waals surface area (Å²) in [5.74, 6) is -5.69. The first kappa shape index (κ1) is 19.3. The third-order valence-electron chi connectivity index (χ3n) is 3.81. The molecule has 7 heteroatoms. The summed E-state index contributed by atoms with van der Waals surface area (Å²) in [7, 11) is 8.03. The summed E-state index contributed by atoms with van der Waals surface area (Å²) in [5, 5.41) is 0. The quantitative estimate of drug-likeness (QED) is 0.276. The van der Waals surface area contributed by atoms with E-state index in [2.05, 4.69) is 0 Å². The van der Waals surface area contributed by atoms with E-state index in [1.165, 1.54) is 14.0 Å². The monoisotopic (exact) mass is 334 g/mol. The fourth-order valence-electron chi connectivity index (χ4n) is 2.67. The number of nitrogens with zero attached hydrogens (tertiary/aromatic N) is 3. The van der Waals surface area contributed by atoms with Gasteiger partial charge >= 0.3 is 5.96 Å². The highest BCUT2D eigenvalue weighted by molar-refractivity contribution is 5.92. The Morgan fingerprint density at radius 3 is 1.70 bits per heavy atom. The SMILES string of the molecule is CCC(C)c1c(F)c(F)c(N(C)C(N(C)C)=[N+](C)C)c(F)c1F. The molecule has 0 radical (unpaired) electrons. The Kier molecular flexibility index (Phi) is 6.02. The van der Waals surface area contributed by atoms with Crippen molar-refractivity contribution < 1.29 is 22.1 Å². The zero-order valence-corrected chi connectivity index (χ0v) is 14.6. The van der Waals surface area contributed by atoms with Gasteiger partial charge in [-0.3, -0.25) is 9.48 Å². The van der Waals surface area contributed by atoms with E-state index in [9.17, 15) is 17.6 Å². The topological polar surface area (TPSA) is 9.49 Å². The Balaban J connectivity index is 3.66. The van der Waals surface area contributed by atoms with Gasteiger partial charge in [-0.15, -0.1) is 0 Å². The van der Waals surface area contributed by atoms with E-state index in [4.69, 9.17) is 0 Å². The second kappa shape index (κ2) is 7.19. The van der Waals surface area contributed by atoms with E-state index >= 15 is 0 Å². The first-order chi connectivity index (χ1) is 10.6. The van der Waals surface area contributed by atoms with Gasteiger partial charge < -0.3 is 0 Å². The zero-order chi connectivity index (χ0) is 18.1. The maximum atomic E-state index is 14.5. The molecule has 1 unspecified atom stereocenters. The smallest absolute Gasteiger partial charge is 0.270 e. The van der Waals surface area contributed by atoms with E-state index in [1.54, 1.807) is 44.6 Å². The first-order valence-corrected chi connectivity index (χ1v) is 7.37. The van der Waals surface area contributed by atoms with Crippen LogP contribution in [-0.2, 0) is 0 Å². The van der Waals surface area contributed by atoms with Gasteiger partial charge in [-0.1, -0.05) is 13.8 Å². The molecule has 0 saturated carbocycles. The third-order valence-corrected chi connectivity index (χ3v) is 3.81. The molecule has 0 aliphatic heterocycles. The van der Waals surface area contributed by atoms with Gasteiger partial charge in [0.15, 0.2) is 17.3 Å². The number of rotatable bonds is 3. The van der Waals surface area contributed by atoms with Crippen molar-refractivity contribution in [3.05, 3.63) is 28.8 Å². The Bertz CT molecular complexity index is 593. The standard InChI is InChI=1S/C16H24F4N3/c1-8-9(2)10-11(17)13(19)15(14(20)12(10)18)23(7)16(21(3)4)22(5)6/h9H,8H2,1-7H3/q+1. The lowest BCUT2D eigenvalue weighted by Crippen LogP contribution is -2.44. The fraction of sp³-hybridized carbons (Fsp3) is 0.562. The molecule has 0 fully saturated rings. The summed E-state index contributed by atoms with van der Waals surface area (Å²) in [6, 6.07) is 0. The predicted molar refractivity (Wildman–Crippen MR) is 84.2 cm³/mol. The lowest BCUT2D eigenvalue weighted by molar-refractivity contribution is -0.470. The summed E-state index contributed by atoms with van der Waals surface area (Å²) in [6.45, 7) is 3.23. The van der Waals surface area contributed by atoms with Crippen molar-refractivity contribution in [2.75, 3.05) is 40.1 Å². The van der Waals surface area contributed by atoms with E-state index in [1.807, 2.05) is 0 Å². The molecule has 0 amide bonds. The van der Waals surface area contributed by atoms with Crippen LogP contribution in [0.5, 0.6) is 0 Å². The minimum absolute atomic E-state index is 0.370. The Morgan fingerprint density at radius 2 is 1.39 bits per heavy atom. The summed E-state index contributed by atoms with van der Waals surface area (Å²) in [5.41, 5.74) is -1.29. The molecule has 130 valence electrons. The highest BCUT2D eigenvalue weighted by Gasteiger charge is 2.34. The van der Waals surface area contributed by atoms with Crippen LogP contribution in [0, 0.1) is 23.3 Å². The minimum atomic E-state index is -1.39. The lowest BCUT2D eigenvalue weighted by atomic mass is 9.96. The fourth-order valence-corrected chi connectivity index (χ4v) is 2.67. The maximum absolute atomic E-state index is 14.5. The number of guanidine groups is 1. The second-order valence-electron chi connectivity index (χ2n) is 5.98. The number of benzene rings is 1. The maximum Gasteiger partial charge on any atom is 0.354 e. The molecular formula is C16H24F4N3+. The van der Waals surface area contributed by atoms with Crippen LogP contribution in [0.15, 0.2) is 0 Å². The molecule has 23 heavy (non-hydrogen) atoms. The van der Waals surface area contributed by atoms with Gasteiger partial charge in [-0.2, -0.15) is 8.78 Å². The van der Waals surface area contributed by atoms with Crippen molar-refractivity contribution in [3.63, 3.8) is 0 Å². The number of anilines is 1. The highest BCUT2D eigenvalue weighted by atomic mass is 19.2. The summed E-state index contributed by atoms with van der Waals surface area (Å²) >= 11 is 0. The molecule has 0 aromatic heterocycles. The molecule has 1 aromatic rings. The van der Waals surface area contributed by atoms with Gasteiger partial charge in [0.1, 0.15) is 0 Å².